The molecule has 0 aliphatic rings. The first kappa shape index (κ1) is 15.2. The summed E-state index contributed by atoms with van der Waals surface area (Å²) in [5.74, 6) is -0.102. The molecule has 8 heteroatoms. The van der Waals surface area contributed by atoms with Gasteiger partial charge in [-0.2, -0.15) is 0 Å². The Kier molecular flexibility index (Phi) is 3.70. The largest absolute Gasteiger partial charge is 0.506 e. The van der Waals surface area contributed by atoms with Crippen LogP contribution in [0.15, 0.2) is 58.8 Å². The van der Waals surface area contributed by atoms with Gasteiger partial charge in [-0.15, -0.1) is 10.2 Å². The van der Waals surface area contributed by atoms with Crippen LogP contribution >= 0.6 is 0 Å². The fourth-order valence-corrected chi connectivity index (χ4v) is 2.29. The van der Waals surface area contributed by atoms with Crippen LogP contribution in [-0.2, 0) is 0 Å². The smallest absolute Gasteiger partial charge is 0.298 e. The lowest BCUT2D eigenvalue weighted by Crippen LogP contribution is -1.91. The Morgan fingerprint density at radius 1 is 0.958 bits per heavy atom. The number of nitrogens with two attached hydrogens (primary N) is 2. The minimum atomic E-state index is -0.592. The highest BCUT2D eigenvalue weighted by molar-refractivity contribution is 5.97. The molecule has 24 heavy (non-hydrogen) atoms. The Labute approximate surface area is 136 Å². The molecule has 0 heterocycles. The summed E-state index contributed by atoms with van der Waals surface area (Å²) in [4.78, 5) is 10.5. The van der Waals surface area contributed by atoms with Gasteiger partial charge in [0.05, 0.1) is 4.92 Å². The van der Waals surface area contributed by atoms with Crippen LogP contribution in [0.25, 0.3) is 10.8 Å². The molecule has 120 valence electrons. The fraction of sp³-hybridized carbons (Fsp3) is 0. The second-order valence-corrected chi connectivity index (χ2v) is 5.12. The van der Waals surface area contributed by atoms with E-state index in [1.54, 1.807) is 24.3 Å². The molecule has 0 amide bonds. The lowest BCUT2D eigenvalue weighted by atomic mass is 10.1. The summed E-state index contributed by atoms with van der Waals surface area (Å²) in [7, 11) is 0. The Bertz CT molecular complexity index is 980. The van der Waals surface area contributed by atoms with Gasteiger partial charge in [-0.05, 0) is 35.7 Å². The van der Waals surface area contributed by atoms with Crippen LogP contribution in [0.4, 0.5) is 28.4 Å². The molecule has 0 radical (unpaired) electrons. The number of fused-ring (bicyclic) bond motifs is 1. The van der Waals surface area contributed by atoms with Crippen LogP contribution in [0.2, 0.25) is 0 Å². The van der Waals surface area contributed by atoms with Gasteiger partial charge in [0.15, 0.2) is 5.69 Å². The molecule has 0 saturated heterocycles. The van der Waals surface area contributed by atoms with Gasteiger partial charge in [0.2, 0.25) is 0 Å². The van der Waals surface area contributed by atoms with E-state index in [0.29, 0.717) is 11.1 Å². The molecule has 5 N–H and O–H groups in total. The average molecular weight is 323 g/mol. The zero-order valence-electron chi connectivity index (χ0n) is 12.4. The van der Waals surface area contributed by atoms with Gasteiger partial charge in [0.25, 0.3) is 5.69 Å². The predicted octanol–water partition coefficient (Wildman–Crippen LogP) is 4.03. The van der Waals surface area contributed by atoms with Crippen molar-refractivity contribution in [1.82, 2.24) is 0 Å². The number of anilines is 2. The number of hydrogen-bond donors (Lipinski definition) is 3. The maximum atomic E-state index is 11.1. The van der Waals surface area contributed by atoms with Gasteiger partial charge in [-0.3, -0.25) is 10.1 Å². The molecule has 3 aromatic rings. The number of nitro groups is 1. The van der Waals surface area contributed by atoms with Gasteiger partial charge >= 0.3 is 0 Å². The third kappa shape index (κ3) is 2.80. The highest BCUT2D eigenvalue weighted by Crippen LogP contribution is 2.38. The summed E-state index contributed by atoms with van der Waals surface area (Å²) in [5.41, 5.74) is 12.0. The summed E-state index contributed by atoms with van der Waals surface area (Å²) in [6, 6.07) is 12.4. The molecule has 3 aromatic carbocycles. The SMILES string of the molecule is Nc1ccc(/N=N/c2c(O)ccc3ccc(N)cc23)c([N+](=O)[O-])c1. The molecular formula is C16H13N5O3. The topological polar surface area (TPSA) is 140 Å². The molecule has 0 saturated carbocycles. The van der Waals surface area contributed by atoms with E-state index in [2.05, 4.69) is 10.2 Å². The summed E-state index contributed by atoms with van der Waals surface area (Å²) in [6.07, 6.45) is 0. The minimum absolute atomic E-state index is 0.0366. The summed E-state index contributed by atoms with van der Waals surface area (Å²) >= 11 is 0. The fourth-order valence-electron chi connectivity index (χ4n) is 2.29. The van der Waals surface area contributed by atoms with Crippen molar-refractivity contribution in [3.8, 4) is 5.75 Å². The van der Waals surface area contributed by atoms with Crippen LogP contribution in [0.3, 0.4) is 0 Å². The maximum Gasteiger partial charge on any atom is 0.298 e. The Morgan fingerprint density at radius 2 is 1.62 bits per heavy atom. The Morgan fingerprint density at radius 3 is 2.38 bits per heavy atom. The number of benzene rings is 3. The Hall–Kier alpha value is -3.68. The number of azo groups is 1. The summed E-state index contributed by atoms with van der Waals surface area (Å²) in [5, 5.41) is 30.4. The molecule has 0 unspecified atom stereocenters. The number of hydrogen-bond acceptors (Lipinski definition) is 7. The molecule has 0 spiro atoms. The first-order valence-corrected chi connectivity index (χ1v) is 6.92. The van der Waals surface area contributed by atoms with E-state index >= 15 is 0 Å². The molecule has 0 bridgehead atoms. The second kappa shape index (κ2) is 5.84. The van der Waals surface area contributed by atoms with Crippen LogP contribution < -0.4 is 11.5 Å². The number of aromatic hydroxyl groups is 1. The number of nitrogen functional groups attached to an aromatic ring is 2. The highest BCUT2D eigenvalue weighted by atomic mass is 16.6. The average Bonchev–Trinajstić information content (AvgIpc) is 2.54. The quantitative estimate of drug-likeness (QED) is 0.289. The van der Waals surface area contributed by atoms with Gasteiger partial charge in [0.1, 0.15) is 11.4 Å². The van der Waals surface area contributed by atoms with Crippen LogP contribution in [0.5, 0.6) is 5.75 Å². The number of nitrogens with zero attached hydrogens (tertiary/aromatic N) is 3. The molecule has 8 nitrogen and oxygen atoms in total. The van der Waals surface area contributed by atoms with Gasteiger partial charge in [-0.1, -0.05) is 12.1 Å². The molecular weight excluding hydrogens is 310 g/mol. The van der Waals surface area contributed by atoms with Crippen molar-refractivity contribution in [2.45, 2.75) is 0 Å². The van der Waals surface area contributed by atoms with E-state index in [9.17, 15) is 15.2 Å². The number of nitro benzene ring substituents is 1. The zero-order chi connectivity index (χ0) is 17.3. The van der Waals surface area contributed by atoms with Crippen molar-refractivity contribution in [3.63, 3.8) is 0 Å². The van der Waals surface area contributed by atoms with E-state index in [0.717, 1.165) is 5.39 Å². The predicted molar refractivity (Wildman–Crippen MR) is 91.7 cm³/mol. The lowest BCUT2D eigenvalue weighted by Gasteiger charge is -2.05. The second-order valence-electron chi connectivity index (χ2n) is 5.12. The van der Waals surface area contributed by atoms with Crippen molar-refractivity contribution < 1.29 is 10.0 Å². The molecule has 0 fully saturated rings. The van der Waals surface area contributed by atoms with Crippen LogP contribution in [0.1, 0.15) is 0 Å². The van der Waals surface area contributed by atoms with Gasteiger partial charge in [0, 0.05) is 22.8 Å². The van der Waals surface area contributed by atoms with E-state index in [4.69, 9.17) is 11.5 Å². The number of rotatable bonds is 3. The van der Waals surface area contributed by atoms with E-state index in [1.165, 1.54) is 24.3 Å². The lowest BCUT2D eigenvalue weighted by molar-refractivity contribution is -0.384. The first-order valence-electron chi connectivity index (χ1n) is 6.92. The van der Waals surface area contributed by atoms with Crippen LogP contribution in [0, 0.1) is 10.1 Å². The zero-order valence-corrected chi connectivity index (χ0v) is 12.4. The monoisotopic (exact) mass is 323 g/mol. The van der Waals surface area contributed by atoms with Gasteiger partial charge < -0.3 is 16.6 Å². The third-order valence-corrected chi connectivity index (χ3v) is 3.45. The van der Waals surface area contributed by atoms with Gasteiger partial charge in [-0.25, -0.2) is 0 Å². The molecule has 0 aliphatic carbocycles. The van der Waals surface area contributed by atoms with Crippen molar-refractivity contribution in [2.24, 2.45) is 10.2 Å². The van der Waals surface area contributed by atoms with Crippen LogP contribution in [-0.4, -0.2) is 10.0 Å². The molecule has 3 rings (SSSR count). The molecule has 0 aliphatic heterocycles. The van der Waals surface area contributed by atoms with Crippen molar-refractivity contribution in [3.05, 3.63) is 58.6 Å². The minimum Gasteiger partial charge on any atom is -0.506 e. The van der Waals surface area contributed by atoms with Crippen molar-refractivity contribution in [1.29, 1.82) is 0 Å². The molecule has 0 atom stereocenters. The third-order valence-electron chi connectivity index (χ3n) is 3.45. The van der Waals surface area contributed by atoms with E-state index < -0.39 is 4.92 Å². The number of phenols is 1. The summed E-state index contributed by atoms with van der Waals surface area (Å²) in [6.45, 7) is 0. The standard InChI is InChI=1S/C16H13N5O3/c17-10-3-1-9-2-6-15(22)16(12(9)7-10)20-19-13-5-4-11(18)8-14(13)21(23)24/h1-8,22H,17-18H2/b20-19+. The summed E-state index contributed by atoms with van der Waals surface area (Å²) < 4.78 is 0. The number of phenolic OH excluding ortho intramolecular Hbond substituents is 1. The van der Waals surface area contributed by atoms with E-state index in [-0.39, 0.29) is 28.5 Å². The Balaban J connectivity index is 2.14. The van der Waals surface area contributed by atoms with Crippen molar-refractivity contribution in [2.75, 3.05) is 11.5 Å². The highest BCUT2D eigenvalue weighted by Gasteiger charge is 2.14. The maximum absolute atomic E-state index is 11.1. The normalized spacial score (nSPS) is 11.2. The van der Waals surface area contributed by atoms with Crippen molar-refractivity contribution >= 4 is 39.2 Å². The first-order chi connectivity index (χ1) is 11.5. The van der Waals surface area contributed by atoms with E-state index in [1.807, 2.05) is 0 Å². The molecule has 0 aromatic heterocycles.